The highest BCUT2D eigenvalue weighted by atomic mass is 35.5. The average Bonchev–Trinajstić information content (AvgIpc) is 3.07. The molecule has 0 aliphatic rings. The van der Waals surface area contributed by atoms with Crippen LogP contribution in [0.4, 0.5) is 4.79 Å². The highest BCUT2D eigenvalue weighted by molar-refractivity contribution is 6.30. The molecule has 9 nitrogen and oxygen atoms in total. The third-order valence-corrected chi connectivity index (χ3v) is 8.59. The monoisotopic (exact) mass is 684 g/mol. The van der Waals surface area contributed by atoms with Crippen molar-refractivity contribution < 1.29 is 24.2 Å². The number of methoxy groups -OCH3 is 1. The second kappa shape index (κ2) is 17.1. The average molecular weight is 685 g/mol. The van der Waals surface area contributed by atoms with E-state index in [2.05, 4.69) is 20.9 Å². The summed E-state index contributed by atoms with van der Waals surface area (Å²) in [5.74, 6) is -0.754. The van der Waals surface area contributed by atoms with Crippen molar-refractivity contribution >= 4 is 29.5 Å². The van der Waals surface area contributed by atoms with Gasteiger partial charge < -0.3 is 25.8 Å². The van der Waals surface area contributed by atoms with Gasteiger partial charge in [-0.3, -0.25) is 14.6 Å². The third-order valence-electron chi connectivity index (χ3n) is 8.36. The second-order valence-electron chi connectivity index (χ2n) is 13.3. The van der Waals surface area contributed by atoms with Gasteiger partial charge in [-0.15, -0.1) is 0 Å². The first-order valence-electron chi connectivity index (χ1n) is 16.3. The molecule has 0 radical (unpaired) electrons. The normalized spacial score (nSPS) is 13.8. The van der Waals surface area contributed by atoms with Gasteiger partial charge in [0.05, 0.1) is 24.9 Å². The molecule has 3 amide bonds. The Bertz CT molecular complexity index is 1690. The van der Waals surface area contributed by atoms with E-state index in [1.807, 2.05) is 100 Å². The number of aliphatic hydroxyl groups is 1. The van der Waals surface area contributed by atoms with Gasteiger partial charge in [-0.25, -0.2) is 4.79 Å². The summed E-state index contributed by atoms with van der Waals surface area (Å²) in [7, 11) is 1.24. The molecule has 1 heterocycles. The zero-order valence-corrected chi connectivity index (χ0v) is 29.3. The molecular weight excluding hydrogens is 640 g/mol. The first kappa shape index (κ1) is 37.1. The van der Waals surface area contributed by atoms with Gasteiger partial charge in [0, 0.05) is 28.4 Å². The number of rotatable bonds is 13. The van der Waals surface area contributed by atoms with E-state index in [1.165, 1.54) is 7.11 Å². The van der Waals surface area contributed by atoms with Crippen LogP contribution in [0, 0.1) is 12.3 Å². The summed E-state index contributed by atoms with van der Waals surface area (Å²) in [6, 6.07) is 26.1. The fourth-order valence-corrected chi connectivity index (χ4v) is 5.92. The molecule has 10 heteroatoms. The van der Waals surface area contributed by atoms with Crippen LogP contribution in [0.2, 0.25) is 5.02 Å². The maximum Gasteiger partial charge on any atom is 0.407 e. The zero-order chi connectivity index (χ0) is 35.6. The number of hydrogen-bond donors (Lipinski definition) is 4. The Kier molecular flexibility index (Phi) is 12.9. The summed E-state index contributed by atoms with van der Waals surface area (Å²) in [5, 5.41) is 21.1. The lowest BCUT2D eigenvalue weighted by Crippen LogP contribution is -2.56. The van der Waals surface area contributed by atoms with Crippen LogP contribution in [0.25, 0.3) is 11.3 Å². The van der Waals surface area contributed by atoms with Gasteiger partial charge in [0.15, 0.2) is 0 Å². The van der Waals surface area contributed by atoms with Gasteiger partial charge in [0.25, 0.3) is 5.91 Å². The van der Waals surface area contributed by atoms with Gasteiger partial charge in [0.2, 0.25) is 5.91 Å². The molecule has 0 bridgehead atoms. The first-order chi connectivity index (χ1) is 23.3. The van der Waals surface area contributed by atoms with Crippen molar-refractivity contribution in [1.29, 1.82) is 0 Å². The predicted octanol–water partition coefficient (Wildman–Crippen LogP) is 6.30. The Hall–Kier alpha value is -4.73. The molecule has 4 aromatic rings. The fraction of sp³-hybridized carbons (Fsp3) is 0.333. The molecule has 0 saturated carbocycles. The van der Waals surface area contributed by atoms with Crippen molar-refractivity contribution in [2.75, 3.05) is 7.11 Å². The van der Waals surface area contributed by atoms with E-state index >= 15 is 0 Å². The Labute approximate surface area is 293 Å². The number of nitrogens with zero attached hydrogens (tertiary/aromatic N) is 1. The van der Waals surface area contributed by atoms with Crippen molar-refractivity contribution in [2.24, 2.45) is 5.41 Å². The molecule has 0 unspecified atom stereocenters. The fourth-order valence-electron chi connectivity index (χ4n) is 5.69. The van der Waals surface area contributed by atoms with Crippen LogP contribution in [0.5, 0.6) is 0 Å². The minimum Gasteiger partial charge on any atom is -0.453 e. The number of nitrogens with one attached hydrogen (secondary N) is 3. The number of alkyl carbamates (subject to hydrolysis) is 1. The predicted molar refractivity (Wildman–Crippen MR) is 192 cm³/mol. The van der Waals surface area contributed by atoms with E-state index in [0.29, 0.717) is 29.0 Å². The Morgan fingerprint density at radius 2 is 1.53 bits per heavy atom. The maximum atomic E-state index is 13.8. The van der Waals surface area contributed by atoms with E-state index in [1.54, 1.807) is 24.4 Å². The van der Waals surface area contributed by atoms with Crippen LogP contribution in [0.15, 0.2) is 97.2 Å². The molecule has 4 N–H and O–H groups in total. The topological polar surface area (TPSA) is 130 Å². The molecule has 3 aromatic carbocycles. The zero-order valence-electron chi connectivity index (χ0n) is 28.6. The number of aryl methyl sites for hydroxylation is 1. The van der Waals surface area contributed by atoms with Crippen molar-refractivity contribution in [3.63, 3.8) is 0 Å². The van der Waals surface area contributed by atoms with Crippen molar-refractivity contribution in [3.05, 3.63) is 124 Å². The van der Waals surface area contributed by atoms with Crippen molar-refractivity contribution in [3.8, 4) is 11.3 Å². The molecule has 4 rings (SSSR count). The van der Waals surface area contributed by atoms with E-state index in [9.17, 15) is 19.5 Å². The molecule has 49 heavy (non-hydrogen) atoms. The number of carbonyl (C=O) groups excluding carboxylic acids is 3. The molecule has 0 aliphatic heterocycles. The quantitative estimate of drug-likeness (QED) is 0.131. The second-order valence-corrected chi connectivity index (χ2v) is 13.7. The lowest BCUT2D eigenvalue weighted by Gasteiger charge is -2.33. The third kappa shape index (κ3) is 10.9. The van der Waals surface area contributed by atoms with Crippen molar-refractivity contribution in [2.45, 2.75) is 71.2 Å². The number of aromatic nitrogens is 1. The summed E-state index contributed by atoms with van der Waals surface area (Å²) in [5.41, 5.74) is 4.16. The van der Waals surface area contributed by atoms with Crippen LogP contribution in [-0.2, 0) is 22.4 Å². The number of halogens is 1. The van der Waals surface area contributed by atoms with Gasteiger partial charge >= 0.3 is 6.09 Å². The summed E-state index contributed by atoms with van der Waals surface area (Å²) < 4.78 is 4.79. The Morgan fingerprint density at radius 1 is 0.857 bits per heavy atom. The van der Waals surface area contributed by atoms with Gasteiger partial charge in [-0.1, -0.05) is 93.0 Å². The van der Waals surface area contributed by atoms with Crippen LogP contribution in [-0.4, -0.2) is 59.3 Å². The van der Waals surface area contributed by atoms with Gasteiger partial charge in [-0.05, 0) is 78.6 Å². The van der Waals surface area contributed by atoms with E-state index in [-0.39, 0.29) is 12.3 Å². The summed E-state index contributed by atoms with van der Waals surface area (Å²) >= 11 is 6.14. The molecule has 258 valence electrons. The number of amides is 3. The minimum atomic E-state index is -1.06. The van der Waals surface area contributed by atoms with Gasteiger partial charge in [0.1, 0.15) is 6.04 Å². The Balaban J connectivity index is 1.62. The lowest BCUT2D eigenvalue weighted by atomic mass is 9.85. The standard InChI is InChI=1S/C39H45ClN4O5/c1-25-21-29(40)18-19-31(25)36(46)43-33(23-26-11-7-6-8-12-26)34(45)24-30(42-37(47)35(39(2,3)4)44-38(48)49-5)22-27-14-16-28(17-15-27)32-13-9-10-20-41-32/h6-21,30,33-35,45H,22-24H2,1-5H3,(H,42,47)(H,43,46)(H,44,48)/t30-,33+,34+,35-/m1/s1. The number of pyridine rings is 1. The van der Waals surface area contributed by atoms with Crippen LogP contribution >= 0.6 is 11.6 Å². The number of aliphatic hydroxyl groups excluding tert-OH is 1. The summed E-state index contributed by atoms with van der Waals surface area (Å²) in [6.45, 7) is 7.34. The molecule has 0 saturated heterocycles. The maximum absolute atomic E-state index is 13.8. The van der Waals surface area contributed by atoms with Crippen LogP contribution < -0.4 is 16.0 Å². The summed E-state index contributed by atoms with van der Waals surface area (Å²) in [4.78, 5) is 43.9. The lowest BCUT2D eigenvalue weighted by molar-refractivity contribution is -0.126. The van der Waals surface area contributed by atoms with Crippen molar-refractivity contribution in [1.82, 2.24) is 20.9 Å². The number of hydrogen-bond acceptors (Lipinski definition) is 6. The van der Waals surface area contributed by atoms with E-state index in [0.717, 1.165) is 22.4 Å². The molecule has 0 spiro atoms. The van der Waals surface area contributed by atoms with E-state index in [4.69, 9.17) is 16.3 Å². The highest BCUT2D eigenvalue weighted by Crippen LogP contribution is 2.23. The highest BCUT2D eigenvalue weighted by Gasteiger charge is 2.35. The summed E-state index contributed by atoms with van der Waals surface area (Å²) in [6.07, 6.45) is 0.803. The molecule has 1 aromatic heterocycles. The number of benzene rings is 3. The van der Waals surface area contributed by atoms with E-state index < -0.39 is 41.6 Å². The number of carbonyl (C=O) groups is 3. The SMILES string of the molecule is COC(=O)N[C@H](C(=O)N[C@H](Cc1ccc(-c2ccccn2)cc1)C[C@H](O)[C@H](Cc1ccccc1)NC(=O)c1ccc(Cl)cc1C)C(C)(C)C. The number of ether oxygens (including phenoxy) is 1. The van der Waals surface area contributed by atoms with Crippen LogP contribution in [0.3, 0.4) is 0 Å². The Morgan fingerprint density at radius 3 is 2.14 bits per heavy atom. The largest absolute Gasteiger partial charge is 0.453 e. The molecule has 0 aliphatic carbocycles. The van der Waals surface area contributed by atoms with Gasteiger partial charge in [-0.2, -0.15) is 0 Å². The first-order valence-corrected chi connectivity index (χ1v) is 16.7. The molecule has 0 fully saturated rings. The molecule has 4 atom stereocenters. The molecular formula is C39H45ClN4O5. The van der Waals surface area contributed by atoms with Crippen LogP contribution in [0.1, 0.15) is 54.2 Å². The minimum absolute atomic E-state index is 0.111. The smallest absolute Gasteiger partial charge is 0.407 e.